The van der Waals surface area contributed by atoms with Crippen LogP contribution in [0.25, 0.3) is 0 Å². The maximum atomic E-state index is 13.5. The SMILES string of the molecule is CC1CCCN(S(=O)(=O)Nc2ccc(F)c(C(N)=S)c2)C1. The van der Waals surface area contributed by atoms with Gasteiger partial charge in [-0.25, -0.2) is 4.39 Å². The minimum absolute atomic E-state index is 0.0252. The highest BCUT2D eigenvalue weighted by Crippen LogP contribution is 2.21. The normalized spacial score (nSPS) is 20.2. The Morgan fingerprint density at radius 2 is 2.24 bits per heavy atom. The molecule has 1 aromatic carbocycles. The quantitative estimate of drug-likeness (QED) is 0.826. The Morgan fingerprint density at radius 3 is 2.86 bits per heavy atom. The van der Waals surface area contributed by atoms with Crippen LogP contribution in [0.4, 0.5) is 10.1 Å². The highest BCUT2D eigenvalue weighted by atomic mass is 32.2. The molecule has 3 N–H and O–H groups in total. The van der Waals surface area contributed by atoms with Crippen LogP contribution < -0.4 is 10.5 Å². The van der Waals surface area contributed by atoms with Crippen LogP contribution in [0.3, 0.4) is 0 Å². The summed E-state index contributed by atoms with van der Waals surface area (Å²) in [6.07, 6.45) is 1.86. The summed E-state index contributed by atoms with van der Waals surface area (Å²) in [5, 5.41) is 0. The van der Waals surface area contributed by atoms with Gasteiger partial charge in [0, 0.05) is 18.7 Å². The van der Waals surface area contributed by atoms with Crippen molar-refractivity contribution >= 4 is 33.1 Å². The predicted molar refractivity (Wildman–Crippen MR) is 84.8 cm³/mol. The second-order valence-electron chi connectivity index (χ2n) is 5.27. The molecule has 0 aromatic heterocycles. The number of anilines is 1. The first-order chi connectivity index (χ1) is 9.79. The molecule has 21 heavy (non-hydrogen) atoms. The van der Waals surface area contributed by atoms with Gasteiger partial charge in [0.1, 0.15) is 10.8 Å². The summed E-state index contributed by atoms with van der Waals surface area (Å²) in [4.78, 5) is -0.111. The van der Waals surface area contributed by atoms with Crippen LogP contribution >= 0.6 is 12.2 Å². The first-order valence-electron chi connectivity index (χ1n) is 6.67. The van der Waals surface area contributed by atoms with Crippen LogP contribution in [0, 0.1) is 11.7 Å². The molecule has 116 valence electrons. The van der Waals surface area contributed by atoms with Crippen molar-refractivity contribution in [1.29, 1.82) is 0 Å². The molecule has 0 amide bonds. The number of rotatable bonds is 4. The second kappa shape index (κ2) is 6.25. The van der Waals surface area contributed by atoms with Gasteiger partial charge in [-0.1, -0.05) is 19.1 Å². The average molecular weight is 331 g/mol. The van der Waals surface area contributed by atoms with Gasteiger partial charge in [0.05, 0.1) is 5.69 Å². The Hall–Kier alpha value is -1.25. The molecule has 5 nitrogen and oxygen atoms in total. The monoisotopic (exact) mass is 331 g/mol. The molecule has 1 atom stereocenters. The van der Waals surface area contributed by atoms with E-state index in [4.69, 9.17) is 18.0 Å². The van der Waals surface area contributed by atoms with Crippen LogP contribution in [0.2, 0.25) is 0 Å². The van der Waals surface area contributed by atoms with Crippen molar-refractivity contribution in [2.45, 2.75) is 19.8 Å². The molecule has 1 heterocycles. The molecule has 0 saturated carbocycles. The van der Waals surface area contributed by atoms with Crippen LogP contribution in [-0.2, 0) is 10.2 Å². The van der Waals surface area contributed by atoms with Gasteiger partial charge in [-0.3, -0.25) is 4.72 Å². The Morgan fingerprint density at radius 1 is 1.52 bits per heavy atom. The zero-order valence-electron chi connectivity index (χ0n) is 11.7. The van der Waals surface area contributed by atoms with Crippen LogP contribution in [0.1, 0.15) is 25.3 Å². The molecule has 0 aliphatic carbocycles. The first kappa shape index (κ1) is 16.1. The highest BCUT2D eigenvalue weighted by molar-refractivity contribution is 7.90. The number of nitrogens with zero attached hydrogens (tertiary/aromatic N) is 1. The summed E-state index contributed by atoms with van der Waals surface area (Å²) in [5.74, 6) is -0.243. The molecular weight excluding hydrogens is 313 g/mol. The highest BCUT2D eigenvalue weighted by Gasteiger charge is 2.27. The number of piperidine rings is 1. The van der Waals surface area contributed by atoms with Gasteiger partial charge in [-0.15, -0.1) is 0 Å². The molecule has 1 unspecified atom stereocenters. The molecule has 0 radical (unpaired) electrons. The number of hydrogen-bond donors (Lipinski definition) is 2. The largest absolute Gasteiger partial charge is 0.389 e. The first-order valence-corrected chi connectivity index (χ1v) is 8.51. The number of benzene rings is 1. The third kappa shape index (κ3) is 3.90. The van der Waals surface area contributed by atoms with E-state index in [0.29, 0.717) is 19.0 Å². The molecule has 1 aliphatic rings. The minimum Gasteiger partial charge on any atom is -0.389 e. The van der Waals surface area contributed by atoms with E-state index in [1.807, 2.05) is 6.92 Å². The number of hydrogen-bond acceptors (Lipinski definition) is 3. The Labute approximate surface area is 129 Å². The van der Waals surface area contributed by atoms with Gasteiger partial charge in [0.15, 0.2) is 0 Å². The zero-order valence-corrected chi connectivity index (χ0v) is 13.3. The summed E-state index contributed by atoms with van der Waals surface area (Å²) in [6, 6.07) is 3.80. The fraction of sp³-hybridized carbons (Fsp3) is 0.462. The lowest BCUT2D eigenvalue weighted by atomic mass is 10.0. The van der Waals surface area contributed by atoms with E-state index >= 15 is 0 Å². The average Bonchev–Trinajstić information content (AvgIpc) is 2.40. The van der Waals surface area contributed by atoms with Crippen molar-refractivity contribution in [2.24, 2.45) is 11.7 Å². The Balaban J connectivity index is 2.20. The van der Waals surface area contributed by atoms with E-state index in [2.05, 4.69) is 4.72 Å². The lowest BCUT2D eigenvalue weighted by molar-refractivity contribution is 0.282. The number of nitrogens with two attached hydrogens (primary N) is 1. The molecule has 1 aromatic rings. The Bertz CT molecular complexity index is 649. The number of nitrogens with one attached hydrogen (secondary N) is 1. The molecule has 8 heteroatoms. The van der Waals surface area contributed by atoms with Gasteiger partial charge in [0.2, 0.25) is 0 Å². The van der Waals surface area contributed by atoms with E-state index < -0.39 is 16.0 Å². The zero-order chi connectivity index (χ0) is 15.6. The van der Waals surface area contributed by atoms with Crippen molar-refractivity contribution in [3.8, 4) is 0 Å². The van der Waals surface area contributed by atoms with Crippen LogP contribution in [-0.4, -0.2) is 30.8 Å². The lowest BCUT2D eigenvalue weighted by Crippen LogP contribution is -2.42. The van der Waals surface area contributed by atoms with E-state index in [9.17, 15) is 12.8 Å². The van der Waals surface area contributed by atoms with Crippen molar-refractivity contribution in [3.05, 3.63) is 29.6 Å². The molecular formula is C13H18FN3O2S2. The fourth-order valence-corrected chi connectivity index (χ4v) is 3.89. The molecule has 1 aliphatic heterocycles. The van der Waals surface area contributed by atoms with Gasteiger partial charge in [-0.2, -0.15) is 12.7 Å². The summed E-state index contributed by atoms with van der Waals surface area (Å²) < 4.78 is 42.0. The van der Waals surface area contributed by atoms with E-state index in [1.165, 1.54) is 16.4 Å². The summed E-state index contributed by atoms with van der Waals surface area (Å²) in [5.41, 5.74) is 5.68. The molecule has 0 spiro atoms. The van der Waals surface area contributed by atoms with Crippen LogP contribution in [0.15, 0.2) is 18.2 Å². The van der Waals surface area contributed by atoms with E-state index in [1.54, 1.807) is 0 Å². The third-order valence-corrected chi connectivity index (χ3v) is 5.16. The van der Waals surface area contributed by atoms with Gasteiger partial charge < -0.3 is 5.73 Å². The fourth-order valence-electron chi connectivity index (χ4n) is 2.36. The molecule has 1 fully saturated rings. The van der Waals surface area contributed by atoms with Crippen LogP contribution in [0.5, 0.6) is 0 Å². The van der Waals surface area contributed by atoms with Crippen molar-refractivity contribution in [1.82, 2.24) is 4.31 Å². The summed E-state index contributed by atoms with van der Waals surface area (Å²) >= 11 is 4.74. The van der Waals surface area contributed by atoms with Crippen molar-refractivity contribution in [3.63, 3.8) is 0 Å². The minimum atomic E-state index is -3.65. The lowest BCUT2D eigenvalue weighted by Gasteiger charge is -2.30. The Kier molecular flexibility index (Phi) is 4.80. The maximum absolute atomic E-state index is 13.5. The van der Waals surface area contributed by atoms with Crippen molar-refractivity contribution < 1.29 is 12.8 Å². The second-order valence-corrected chi connectivity index (χ2v) is 7.38. The third-order valence-electron chi connectivity index (χ3n) is 3.44. The molecule has 2 rings (SSSR count). The van der Waals surface area contributed by atoms with E-state index in [0.717, 1.165) is 18.9 Å². The molecule has 0 bridgehead atoms. The number of thiocarbonyl (C=S) groups is 1. The van der Waals surface area contributed by atoms with Gasteiger partial charge >= 0.3 is 10.2 Å². The smallest absolute Gasteiger partial charge is 0.301 e. The number of halogens is 1. The standard InChI is InChI=1S/C13H18FN3O2S2/c1-9-3-2-6-17(8-9)21(18,19)16-10-4-5-12(14)11(7-10)13(15)20/h4-5,7,9,16H,2-3,6,8H2,1H3,(H2,15,20). The van der Waals surface area contributed by atoms with Crippen molar-refractivity contribution in [2.75, 3.05) is 17.8 Å². The summed E-state index contributed by atoms with van der Waals surface area (Å²) in [6.45, 7) is 2.99. The maximum Gasteiger partial charge on any atom is 0.301 e. The van der Waals surface area contributed by atoms with Gasteiger partial charge in [-0.05, 0) is 37.0 Å². The molecule has 1 saturated heterocycles. The van der Waals surface area contributed by atoms with E-state index in [-0.39, 0.29) is 16.2 Å². The summed E-state index contributed by atoms with van der Waals surface area (Å²) in [7, 11) is -3.65. The predicted octanol–water partition coefficient (Wildman–Crippen LogP) is 1.85. The topological polar surface area (TPSA) is 75.4 Å². The van der Waals surface area contributed by atoms with Gasteiger partial charge in [0.25, 0.3) is 0 Å².